The van der Waals surface area contributed by atoms with Gasteiger partial charge in [-0.1, -0.05) is 77.6 Å². The van der Waals surface area contributed by atoms with Gasteiger partial charge in [0, 0.05) is 6.04 Å². The van der Waals surface area contributed by atoms with E-state index >= 15 is 0 Å². The Kier molecular flexibility index (Phi) is 13.3. The molecule has 2 nitrogen and oxygen atoms in total. The van der Waals surface area contributed by atoms with E-state index in [-0.39, 0.29) is 12.1 Å². The summed E-state index contributed by atoms with van der Waals surface area (Å²) in [5.74, 6) is 0. The second-order valence-corrected chi connectivity index (χ2v) is 5.75. The van der Waals surface area contributed by atoms with Crippen molar-refractivity contribution >= 4 is 0 Å². The number of aliphatic hydroxyl groups is 1. The smallest absolute Gasteiger partial charge is 0.0688 e. The molecule has 0 spiro atoms. The molecule has 2 atom stereocenters. The van der Waals surface area contributed by atoms with Gasteiger partial charge < -0.3 is 10.8 Å². The van der Waals surface area contributed by atoms with Crippen LogP contribution in [0.15, 0.2) is 0 Å². The van der Waals surface area contributed by atoms with E-state index in [1.54, 1.807) is 0 Å². The van der Waals surface area contributed by atoms with Gasteiger partial charge in [0.15, 0.2) is 0 Å². The molecule has 0 radical (unpaired) electrons. The third kappa shape index (κ3) is 12.4. The van der Waals surface area contributed by atoms with Crippen LogP contribution in [-0.4, -0.2) is 17.3 Å². The first-order valence-electron chi connectivity index (χ1n) is 8.12. The molecule has 0 aromatic heterocycles. The van der Waals surface area contributed by atoms with Crippen molar-refractivity contribution in [2.24, 2.45) is 5.73 Å². The van der Waals surface area contributed by atoms with Crippen molar-refractivity contribution in [2.75, 3.05) is 0 Å². The number of rotatable bonds is 13. The van der Waals surface area contributed by atoms with Gasteiger partial charge in [0.05, 0.1) is 6.10 Å². The van der Waals surface area contributed by atoms with Gasteiger partial charge in [-0.15, -0.1) is 0 Å². The molecule has 0 aliphatic rings. The third-order valence-electron chi connectivity index (χ3n) is 3.71. The lowest BCUT2D eigenvalue weighted by atomic mass is 10.0. The summed E-state index contributed by atoms with van der Waals surface area (Å²) in [5, 5.41) is 9.54. The second-order valence-electron chi connectivity index (χ2n) is 5.75. The van der Waals surface area contributed by atoms with Crippen LogP contribution in [0.5, 0.6) is 0 Å². The molecule has 0 aliphatic heterocycles. The standard InChI is InChI=1S/C16H35NO/c1-3-4-5-6-7-8-9-10-11-12-13-14-16(18)15(2)17/h15-16,18H,3-14,17H2,1-2H3. The van der Waals surface area contributed by atoms with Crippen molar-refractivity contribution < 1.29 is 5.11 Å². The average molecular weight is 257 g/mol. The van der Waals surface area contributed by atoms with Crippen molar-refractivity contribution in [3.8, 4) is 0 Å². The largest absolute Gasteiger partial charge is 0.392 e. The van der Waals surface area contributed by atoms with Gasteiger partial charge in [0.25, 0.3) is 0 Å². The van der Waals surface area contributed by atoms with E-state index in [9.17, 15) is 5.11 Å². The summed E-state index contributed by atoms with van der Waals surface area (Å²) in [7, 11) is 0. The van der Waals surface area contributed by atoms with E-state index < -0.39 is 0 Å². The summed E-state index contributed by atoms with van der Waals surface area (Å²) in [6.45, 7) is 4.14. The SMILES string of the molecule is CCCCCCCCCCCCCC(O)C(C)N. The van der Waals surface area contributed by atoms with Gasteiger partial charge in [-0.05, 0) is 13.3 Å². The lowest BCUT2D eigenvalue weighted by molar-refractivity contribution is 0.138. The van der Waals surface area contributed by atoms with E-state index in [0.29, 0.717) is 0 Å². The zero-order valence-corrected chi connectivity index (χ0v) is 12.7. The van der Waals surface area contributed by atoms with E-state index in [4.69, 9.17) is 5.73 Å². The highest BCUT2D eigenvalue weighted by atomic mass is 16.3. The van der Waals surface area contributed by atoms with Gasteiger partial charge in [-0.2, -0.15) is 0 Å². The monoisotopic (exact) mass is 257 g/mol. The van der Waals surface area contributed by atoms with Crippen molar-refractivity contribution in [3.63, 3.8) is 0 Å². The molecule has 0 aromatic carbocycles. The third-order valence-corrected chi connectivity index (χ3v) is 3.71. The predicted octanol–water partition coefficient (Wildman–Crippen LogP) is 4.40. The Hall–Kier alpha value is -0.0800. The first-order chi connectivity index (χ1) is 8.68. The second kappa shape index (κ2) is 13.4. The van der Waals surface area contributed by atoms with Crippen molar-refractivity contribution in [2.45, 2.75) is 103 Å². The quantitative estimate of drug-likeness (QED) is 0.480. The maximum absolute atomic E-state index is 9.54. The zero-order chi connectivity index (χ0) is 13.6. The van der Waals surface area contributed by atoms with Gasteiger partial charge in [-0.25, -0.2) is 0 Å². The van der Waals surface area contributed by atoms with Crippen molar-refractivity contribution in [1.82, 2.24) is 0 Å². The Morgan fingerprint density at radius 3 is 1.56 bits per heavy atom. The number of aliphatic hydroxyl groups excluding tert-OH is 1. The molecule has 0 amide bonds. The van der Waals surface area contributed by atoms with Crippen LogP contribution in [0.25, 0.3) is 0 Å². The minimum Gasteiger partial charge on any atom is -0.392 e. The summed E-state index contributed by atoms with van der Waals surface area (Å²) in [6.07, 6.45) is 15.4. The molecule has 3 N–H and O–H groups in total. The number of nitrogens with two attached hydrogens (primary N) is 1. The van der Waals surface area contributed by atoms with Crippen LogP contribution < -0.4 is 5.73 Å². The van der Waals surface area contributed by atoms with Crippen molar-refractivity contribution in [3.05, 3.63) is 0 Å². The highest BCUT2D eigenvalue weighted by molar-refractivity contribution is 4.65. The fourth-order valence-electron chi connectivity index (χ4n) is 2.28. The highest BCUT2D eigenvalue weighted by Crippen LogP contribution is 2.12. The number of hydrogen-bond donors (Lipinski definition) is 2. The molecule has 110 valence electrons. The zero-order valence-electron chi connectivity index (χ0n) is 12.7. The number of unbranched alkanes of at least 4 members (excludes halogenated alkanes) is 10. The molecule has 0 bridgehead atoms. The molecule has 0 rings (SSSR count). The Labute approximate surface area is 114 Å². The van der Waals surface area contributed by atoms with Gasteiger partial charge >= 0.3 is 0 Å². The Morgan fingerprint density at radius 1 is 0.778 bits per heavy atom. The molecule has 0 fully saturated rings. The van der Waals surface area contributed by atoms with Crippen LogP contribution in [-0.2, 0) is 0 Å². The van der Waals surface area contributed by atoms with Gasteiger partial charge in [-0.3, -0.25) is 0 Å². The molecule has 18 heavy (non-hydrogen) atoms. The minimum atomic E-state index is -0.302. The van der Waals surface area contributed by atoms with E-state index in [1.807, 2.05) is 6.92 Å². The number of hydrogen-bond acceptors (Lipinski definition) is 2. The van der Waals surface area contributed by atoms with Gasteiger partial charge in [0.2, 0.25) is 0 Å². The summed E-state index contributed by atoms with van der Waals surface area (Å²) in [5.41, 5.74) is 5.62. The van der Waals surface area contributed by atoms with E-state index in [0.717, 1.165) is 12.8 Å². The summed E-state index contributed by atoms with van der Waals surface area (Å²) in [6, 6.07) is -0.0758. The van der Waals surface area contributed by atoms with Crippen LogP contribution in [0, 0.1) is 0 Å². The average Bonchev–Trinajstić information content (AvgIpc) is 2.35. The lowest BCUT2D eigenvalue weighted by Crippen LogP contribution is -2.31. The van der Waals surface area contributed by atoms with Crippen LogP contribution in [0.4, 0.5) is 0 Å². The molecule has 0 heterocycles. The minimum absolute atomic E-state index is 0.0758. The lowest BCUT2D eigenvalue weighted by Gasteiger charge is -2.13. The first-order valence-corrected chi connectivity index (χ1v) is 8.12. The molecular weight excluding hydrogens is 222 g/mol. The molecule has 0 saturated carbocycles. The van der Waals surface area contributed by atoms with Crippen molar-refractivity contribution in [1.29, 1.82) is 0 Å². The van der Waals surface area contributed by atoms with Crippen LogP contribution in [0.1, 0.15) is 90.9 Å². The highest BCUT2D eigenvalue weighted by Gasteiger charge is 2.07. The van der Waals surface area contributed by atoms with Crippen LogP contribution in [0.3, 0.4) is 0 Å². The molecule has 2 heteroatoms. The normalized spacial score (nSPS) is 14.7. The Morgan fingerprint density at radius 2 is 1.17 bits per heavy atom. The van der Waals surface area contributed by atoms with E-state index in [2.05, 4.69) is 6.92 Å². The summed E-state index contributed by atoms with van der Waals surface area (Å²) in [4.78, 5) is 0. The van der Waals surface area contributed by atoms with Gasteiger partial charge in [0.1, 0.15) is 0 Å². The van der Waals surface area contributed by atoms with Crippen LogP contribution >= 0.6 is 0 Å². The topological polar surface area (TPSA) is 46.2 Å². The predicted molar refractivity (Wildman–Crippen MR) is 80.7 cm³/mol. The van der Waals surface area contributed by atoms with Crippen LogP contribution in [0.2, 0.25) is 0 Å². The Bertz CT molecular complexity index is 159. The first kappa shape index (κ1) is 17.9. The molecule has 2 unspecified atom stereocenters. The maximum Gasteiger partial charge on any atom is 0.0688 e. The summed E-state index contributed by atoms with van der Waals surface area (Å²) < 4.78 is 0. The van der Waals surface area contributed by atoms with E-state index in [1.165, 1.54) is 64.2 Å². The fraction of sp³-hybridized carbons (Fsp3) is 1.00. The molecule has 0 aliphatic carbocycles. The summed E-state index contributed by atoms with van der Waals surface area (Å²) >= 11 is 0. The molecule has 0 aromatic rings. The maximum atomic E-state index is 9.54. The molecule has 0 saturated heterocycles. The molecular formula is C16H35NO. The fourth-order valence-corrected chi connectivity index (χ4v) is 2.28. The Balaban J connectivity index is 3.03.